The van der Waals surface area contributed by atoms with E-state index in [1.807, 2.05) is 11.3 Å². The van der Waals surface area contributed by atoms with E-state index in [-0.39, 0.29) is 0 Å². The fourth-order valence-electron chi connectivity index (χ4n) is 2.87. The van der Waals surface area contributed by atoms with Crippen LogP contribution in [-0.4, -0.2) is 11.5 Å². The third-order valence-corrected chi connectivity index (χ3v) is 5.07. The van der Waals surface area contributed by atoms with Crippen LogP contribution < -0.4 is 5.32 Å². The summed E-state index contributed by atoms with van der Waals surface area (Å²) in [7, 11) is 0. The van der Waals surface area contributed by atoms with E-state index in [4.69, 9.17) is 4.98 Å². The lowest BCUT2D eigenvalue weighted by atomic mass is 9.80. The fraction of sp³-hybridized carbons (Fsp3) is 0.800. The monoisotopic (exact) mass is 266 g/mol. The third kappa shape index (κ3) is 3.79. The van der Waals surface area contributed by atoms with E-state index in [0.717, 1.165) is 24.9 Å². The van der Waals surface area contributed by atoms with Crippen molar-refractivity contribution in [1.82, 2.24) is 10.3 Å². The van der Waals surface area contributed by atoms with Crippen LogP contribution in [0.15, 0.2) is 5.38 Å². The Morgan fingerprint density at radius 3 is 3.06 bits per heavy atom. The van der Waals surface area contributed by atoms with Gasteiger partial charge >= 0.3 is 0 Å². The molecule has 0 saturated heterocycles. The molecule has 102 valence electrons. The maximum Gasteiger partial charge on any atom is 0.0959 e. The first-order valence-corrected chi connectivity index (χ1v) is 8.36. The van der Waals surface area contributed by atoms with Crippen molar-refractivity contribution < 1.29 is 0 Å². The van der Waals surface area contributed by atoms with Crippen molar-refractivity contribution in [2.75, 3.05) is 6.54 Å². The van der Waals surface area contributed by atoms with Gasteiger partial charge in [0, 0.05) is 17.8 Å². The van der Waals surface area contributed by atoms with E-state index in [2.05, 4.69) is 24.5 Å². The van der Waals surface area contributed by atoms with Crippen LogP contribution in [0.5, 0.6) is 0 Å². The van der Waals surface area contributed by atoms with E-state index in [9.17, 15) is 0 Å². The smallest absolute Gasteiger partial charge is 0.0959 e. The highest BCUT2D eigenvalue weighted by Crippen LogP contribution is 2.38. The van der Waals surface area contributed by atoms with Crippen molar-refractivity contribution in [3.8, 4) is 0 Å². The zero-order chi connectivity index (χ0) is 12.8. The lowest BCUT2D eigenvalue weighted by Gasteiger charge is -2.26. The highest BCUT2D eigenvalue weighted by molar-refractivity contribution is 7.09. The van der Waals surface area contributed by atoms with Gasteiger partial charge < -0.3 is 5.32 Å². The van der Waals surface area contributed by atoms with E-state index in [1.165, 1.54) is 49.2 Å². The van der Waals surface area contributed by atoms with Gasteiger partial charge in [-0.3, -0.25) is 0 Å². The van der Waals surface area contributed by atoms with E-state index in [0.29, 0.717) is 0 Å². The van der Waals surface area contributed by atoms with Crippen LogP contribution in [0.1, 0.15) is 69.0 Å². The van der Waals surface area contributed by atoms with Crippen molar-refractivity contribution in [3.63, 3.8) is 0 Å². The Morgan fingerprint density at radius 1 is 1.39 bits per heavy atom. The van der Waals surface area contributed by atoms with Crippen LogP contribution in [0.2, 0.25) is 0 Å². The topological polar surface area (TPSA) is 24.9 Å². The summed E-state index contributed by atoms with van der Waals surface area (Å²) in [5.74, 6) is 1.68. The van der Waals surface area contributed by atoms with Crippen molar-refractivity contribution in [2.24, 2.45) is 5.92 Å². The Morgan fingerprint density at radius 2 is 2.28 bits per heavy atom. The molecule has 0 aliphatic heterocycles. The van der Waals surface area contributed by atoms with Crippen LogP contribution in [0, 0.1) is 5.92 Å². The summed E-state index contributed by atoms with van der Waals surface area (Å²) in [5.41, 5.74) is 1.24. The Kier molecular flexibility index (Phi) is 5.64. The zero-order valence-corrected chi connectivity index (χ0v) is 12.6. The maximum atomic E-state index is 4.83. The van der Waals surface area contributed by atoms with Gasteiger partial charge in [-0.25, -0.2) is 4.98 Å². The Hall–Kier alpha value is -0.410. The largest absolute Gasteiger partial charge is 0.311 e. The molecular weight excluding hydrogens is 240 g/mol. The molecule has 2 atom stereocenters. The third-order valence-electron chi connectivity index (χ3n) is 4.01. The Bertz CT molecular complexity index is 348. The van der Waals surface area contributed by atoms with E-state index in [1.54, 1.807) is 0 Å². The highest BCUT2D eigenvalue weighted by atomic mass is 32.1. The van der Waals surface area contributed by atoms with Crippen LogP contribution in [0.25, 0.3) is 0 Å². The summed E-state index contributed by atoms with van der Waals surface area (Å²) < 4.78 is 0. The molecule has 0 bridgehead atoms. The standard InChI is InChI=1S/C15H26N2S/c1-3-8-16-10-14-11-18-15(17-14)13-7-5-6-12(4-2)9-13/h11-13,16H,3-10H2,1-2H3. The summed E-state index contributed by atoms with van der Waals surface area (Å²) in [5, 5.41) is 7.07. The molecule has 1 heterocycles. The van der Waals surface area contributed by atoms with Crippen LogP contribution in [-0.2, 0) is 6.54 Å². The number of aromatic nitrogens is 1. The summed E-state index contributed by atoms with van der Waals surface area (Å²) in [6.45, 7) is 6.56. The van der Waals surface area contributed by atoms with Gasteiger partial charge in [-0.1, -0.05) is 33.1 Å². The van der Waals surface area contributed by atoms with E-state index >= 15 is 0 Å². The predicted octanol–water partition coefficient (Wildman–Crippen LogP) is 4.33. The normalized spacial score (nSPS) is 24.3. The van der Waals surface area contributed by atoms with Gasteiger partial charge in [-0.15, -0.1) is 11.3 Å². The summed E-state index contributed by atoms with van der Waals surface area (Å²) in [6.07, 6.45) is 8.08. The molecule has 2 rings (SSSR count). The second-order valence-corrected chi connectivity index (χ2v) is 6.38. The van der Waals surface area contributed by atoms with Crippen LogP contribution >= 0.6 is 11.3 Å². The summed E-state index contributed by atoms with van der Waals surface area (Å²) >= 11 is 1.88. The second-order valence-electron chi connectivity index (χ2n) is 5.49. The number of nitrogens with zero attached hydrogens (tertiary/aromatic N) is 1. The average Bonchev–Trinajstić information content (AvgIpc) is 2.88. The predicted molar refractivity (Wildman–Crippen MR) is 79.1 cm³/mol. The average molecular weight is 266 g/mol. The number of nitrogens with one attached hydrogen (secondary N) is 1. The molecule has 2 nitrogen and oxygen atoms in total. The molecule has 0 spiro atoms. The van der Waals surface area contributed by atoms with Crippen molar-refractivity contribution in [2.45, 2.75) is 64.8 Å². The van der Waals surface area contributed by atoms with Gasteiger partial charge in [0.15, 0.2) is 0 Å². The quantitative estimate of drug-likeness (QED) is 0.775. The number of rotatable bonds is 6. The number of hydrogen-bond donors (Lipinski definition) is 1. The minimum atomic E-state index is 0.744. The molecular formula is C15H26N2S. The number of thiazole rings is 1. The first-order valence-electron chi connectivity index (χ1n) is 7.48. The van der Waals surface area contributed by atoms with Gasteiger partial charge in [0.1, 0.15) is 0 Å². The van der Waals surface area contributed by atoms with Crippen molar-refractivity contribution in [3.05, 3.63) is 16.1 Å². The van der Waals surface area contributed by atoms with Gasteiger partial charge in [0.05, 0.1) is 10.7 Å². The van der Waals surface area contributed by atoms with E-state index < -0.39 is 0 Å². The first-order chi connectivity index (χ1) is 8.83. The van der Waals surface area contributed by atoms with Crippen molar-refractivity contribution >= 4 is 11.3 Å². The van der Waals surface area contributed by atoms with Gasteiger partial charge in [-0.05, 0) is 31.7 Å². The molecule has 2 unspecified atom stereocenters. The van der Waals surface area contributed by atoms with Gasteiger partial charge in [0.25, 0.3) is 0 Å². The molecule has 1 fully saturated rings. The summed E-state index contributed by atoms with van der Waals surface area (Å²) in [6, 6.07) is 0. The molecule has 1 saturated carbocycles. The molecule has 0 amide bonds. The minimum Gasteiger partial charge on any atom is -0.311 e. The molecule has 1 aliphatic rings. The molecule has 0 aromatic carbocycles. The maximum absolute atomic E-state index is 4.83. The fourth-order valence-corrected chi connectivity index (χ4v) is 3.84. The molecule has 1 aromatic heterocycles. The first kappa shape index (κ1) is 14.0. The van der Waals surface area contributed by atoms with Gasteiger partial charge in [-0.2, -0.15) is 0 Å². The molecule has 1 aliphatic carbocycles. The molecule has 3 heteroatoms. The van der Waals surface area contributed by atoms with Crippen LogP contribution in [0.4, 0.5) is 0 Å². The highest BCUT2D eigenvalue weighted by Gasteiger charge is 2.24. The van der Waals surface area contributed by atoms with Crippen molar-refractivity contribution in [1.29, 1.82) is 0 Å². The second kappa shape index (κ2) is 7.25. The molecule has 18 heavy (non-hydrogen) atoms. The number of hydrogen-bond acceptors (Lipinski definition) is 3. The summed E-state index contributed by atoms with van der Waals surface area (Å²) in [4.78, 5) is 4.83. The SMILES string of the molecule is CCCNCc1csc(C2CCCC(CC)C2)n1. The molecule has 1 N–H and O–H groups in total. The molecule has 1 aromatic rings. The van der Waals surface area contributed by atoms with Gasteiger partial charge in [0.2, 0.25) is 0 Å². The lowest BCUT2D eigenvalue weighted by molar-refractivity contribution is 0.314. The minimum absolute atomic E-state index is 0.744. The molecule has 0 radical (unpaired) electrons. The van der Waals surface area contributed by atoms with Crippen LogP contribution in [0.3, 0.4) is 0 Å². The Balaban J connectivity index is 1.88. The zero-order valence-electron chi connectivity index (χ0n) is 11.7. The Labute approximate surface area is 115 Å². The lowest BCUT2D eigenvalue weighted by Crippen LogP contribution is -2.15.